The van der Waals surface area contributed by atoms with E-state index in [0.717, 1.165) is 5.56 Å². The molecule has 0 spiro atoms. The van der Waals surface area contributed by atoms with Crippen LogP contribution in [0.25, 0.3) is 0 Å². The number of ether oxygens (including phenoxy) is 1. The van der Waals surface area contributed by atoms with Crippen LogP contribution in [0.15, 0.2) is 35.4 Å². The maximum atomic E-state index is 12.4. The summed E-state index contributed by atoms with van der Waals surface area (Å²) in [5.74, 6) is 0.419. The van der Waals surface area contributed by atoms with Gasteiger partial charge in [0.25, 0.3) is 10.0 Å². The molecule has 118 valence electrons. The highest BCUT2D eigenvalue weighted by atomic mass is 32.2. The van der Waals surface area contributed by atoms with E-state index in [0.29, 0.717) is 5.82 Å². The average Bonchev–Trinajstić information content (AvgIpc) is 2.47. The average molecular weight is 322 g/mol. The summed E-state index contributed by atoms with van der Waals surface area (Å²) in [6.07, 6.45) is 1.38. The van der Waals surface area contributed by atoms with E-state index in [2.05, 4.69) is 14.7 Å². The molecule has 2 rings (SSSR count). The van der Waals surface area contributed by atoms with Gasteiger partial charge in [-0.05, 0) is 19.1 Å². The summed E-state index contributed by atoms with van der Waals surface area (Å²) in [4.78, 5) is 9.95. The van der Waals surface area contributed by atoms with Gasteiger partial charge in [-0.2, -0.15) is 4.98 Å². The molecule has 0 unspecified atom stereocenters. The van der Waals surface area contributed by atoms with E-state index in [-0.39, 0.29) is 16.6 Å². The van der Waals surface area contributed by atoms with E-state index in [1.54, 1.807) is 43.3 Å². The van der Waals surface area contributed by atoms with E-state index in [1.807, 2.05) is 6.92 Å². The molecule has 1 N–H and O–H groups in total. The molecule has 1 aromatic carbocycles. The first-order valence-electron chi connectivity index (χ1n) is 6.51. The smallest absolute Gasteiger partial charge is 0.318 e. The minimum absolute atomic E-state index is 0.169. The molecule has 8 heteroatoms. The number of anilines is 2. The predicted octanol–water partition coefficient (Wildman–Crippen LogP) is 1.66. The van der Waals surface area contributed by atoms with Gasteiger partial charge in [-0.25, -0.2) is 13.4 Å². The fraction of sp³-hybridized carbons (Fsp3) is 0.286. The fourth-order valence-electron chi connectivity index (χ4n) is 1.79. The highest BCUT2D eigenvalue weighted by molar-refractivity contribution is 7.92. The van der Waals surface area contributed by atoms with Crippen molar-refractivity contribution in [3.05, 3.63) is 36.0 Å². The van der Waals surface area contributed by atoms with Gasteiger partial charge in [0, 0.05) is 14.1 Å². The van der Waals surface area contributed by atoms with Crippen molar-refractivity contribution in [2.45, 2.75) is 11.8 Å². The molecule has 0 fully saturated rings. The molecule has 0 amide bonds. The maximum Gasteiger partial charge on any atom is 0.318 e. The lowest BCUT2D eigenvalue weighted by Crippen LogP contribution is -2.19. The Bertz CT molecular complexity index is 758. The Morgan fingerprint density at radius 3 is 2.36 bits per heavy atom. The quantitative estimate of drug-likeness (QED) is 0.901. The SMILES string of the molecule is COc1ncc(NS(=O)(=O)c2ccc(C)cc2)c(N(C)C)n1. The van der Waals surface area contributed by atoms with E-state index < -0.39 is 10.0 Å². The van der Waals surface area contributed by atoms with Gasteiger partial charge < -0.3 is 9.64 Å². The highest BCUT2D eigenvalue weighted by Crippen LogP contribution is 2.25. The molecule has 0 aliphatic heterocycles. The van der Waals surface area contributed by atoms with Gasteiger partial charge in [-0.1, -0.05) is 17.7 Å². The second-order valence-corrected chi connectivity index (χ2v) is 6.59. The summed E-state index contributed by atoms with van der Waals surface area (Å²) in [6, 6.07) is 6.76. The van der Waals surface area contributed by atoms with Crippen LogP contribution < -0.4 is 14.4 Å². The predicted molar refractivity (Wildman–Crippen MR) is 84.9 cm³/mol. The van der Waals surface area contributed by atoms with Crippen molar-refractivity contribution in [3.8, 4) is 6.01 Å². The molecule has 0 aliphatic rings. The second-order valence-electron chi connectivity index (χ2n) is 4.91. The first kappa shape index (κ1) is 16.0. The number of methoxy groups -OCH3 is 1. The molecule has 1 heterocycles. The van der Waals surface area contributed by atoms with Crippen molar-refractivity contribution in [2.24, 2.45) is 0 Å². The minimum Gasteiger partial charge on any atom is -0.467 e. The number of nitrogens with zero attached hydrogens (tertiary/aromatic N) is 3. The third kappa shape index (κ3) is 3.45. The number of sulfonamides is 1. The molecular formula is C14H18N4O3S. The van der Waals surface area contributed by atoms with Crippen molar-refractivity contribution < 1.29 is 13.2 Å². The molecule has 0 bridgehead atoms. The summed E-state index contributed by atoms with van der Waals surface area (Å²) in [5.41, 5.74) is 1.27. The molecule has 1 aromatic heterocycles. The van der Waals surface area contributed by atoms with Crippen molar-refractivity contribution >= 4 is 21.5 Å². The van der Waals surface area contributed by atoms with Gasteiger partial charge in [-0.3, -0.25) is 4.72 Å². The summed E-state index contributed by atoms with van der Waals surface area (Å²) in [5, 5.41) is 0. The van der Waals surface area contributed by atoms with Gasteiger partial charge >= 0.3 is 6.01 Å². The number of hydrogen-bond acceptors (Lipinski definition) is 6. The van der Waals surface area contributed by atoms with Crippen LogP contribution in [0, 0.1) is 6.92 Å². The Hall–Kier alpha value is -2.35. The summed E-state index contributed by atoms with van der Waals surface area (Å²) < 4.78 is 32.3. The molecule has 0 saturated carbocycles. The molecular weight excluding hydrogens is 304 g/mol. The zero-order chi connectivity index (χ0) is 16.3. The Morgan fingerprint density at radius 1 is 1.18 bits per heavy atom. The van der Waals surface area contributed by atoms with Crippen molar-refractivity contribution in [1.82, 2.24) is 9.97 Å². The van der Waals surface area contributed by atoms with Crippen LogP contribution in [-0.4, -0.2) is 39.6 Å². The molecule has 2 aromatic rings. The lowest BCUT2D eigenvalue weighted by atomic mass is 10.2. The van der Waals surface area contributed by atoms with E-state index in [1.165, 1.54) is 13.3 Å². The zero-order valence-electron chi connectivity index (χ0n) is 12.9. The fourth-order valence-corrected chi connectivity index (χ4v) is 2.84. The van der Waals surface area contributed by atoms with E-state index in [4.69, 9.17) is 4.74 Å². The number of hydrogen-bond donors (Lipinski definition) is 1. The highest BCUT2D eigenvalue weighted by Gasteiger charge is 2.18. The Balaban J connectivity index is 2.39. The number of nitrogens with one attached hydrogen (secondary N) is 1. The van der Waals surface area contributed by atoms with Crippen LogP contribution in [0.2, 0.25) is 0 Å². The van der Waals surface area contributed by atoms with Gasteiger partial charge in [0.1, 0.15) is 5.69 Å². The number of aryl methyl sites for hydroxylation is 1. The molecule has 0 radical (unpaired) electrons. The van der Waals surface area contributed by atoms with Crippen molar-refractivity contribution in [1.29, 1.82) is 0 Å². The maximum absolute atomic E-state index is 12.4. The van der Waals surface area contributed by atoms with E-state index >= 15 is 0 Å². The van der Waals surface area contributed by atoms with Crippen LogP contribution in [0.3, 0.4) is 0 Å². The van der Waals surface area contributed by atoms with Crippen molar-refractivity contribution in [2.75, 3.05) is 30.8 Å². The van der Waals surface area contributed by atoms with Crippen LogP contribution in [-0.2, 0) is 10.0 Å². The summed E-state index contributed by atoms with van der Waals surface area (Å²) >= 11 is 0. The second kappa shape index (κ2) is 6.18. The zero-order valence-corrected chi connectivity index (χ0v) is 13.7. The largest absolute Gasteiger partial charge is 0.467 e. The first-order valence-corrected chi connectivity index (χ1v) is 7.99. The van der Waals surface area contributed by atoms with E-state index in [9.17, 15) is 8.42 Å². The lowest BCUT2D eigenvalue weighted by Gasteiger charge is -2.17. The molecule has 22 heavy (non-hydrogen) atoms. The normalized spacial score (nSPS) is 11.1. The van der Waals surface area contributed by atoms with Gasteiger partial charge in [-0.15, -0.1) is 0 Å². The molecule has 7 nitrogen and oxygen atoms in total. The van der Waals surface area contributed by atoms with Gasteiger partial charge in [0.2, 0.25) is 0 Å². The van der Waals surface area contributed by atoms with Crippen LogP contribution in [0.1, 0.15) is 5.56 Å². The monoisotopic (exact) mass is 322 g/mol. The Morgan fingerprint density at radius 2 is 1.82 bits per heavy atom. The minimum atomic E-state index is -3.70. The van der Waals surface area contributed by atoms with Crippen LogP contribution >= 0.6 is 0 Å². The number of benzene rings is 1. The standard InChI is InChI=1S/C14H18N4O3S/c1-10-5-7-11(8-6-10)22(19,20)17-12-9-15-14(21-4)16-13(12)18(2)3/h5-9,17H,1-4H3. The number of rotatable bonds is 5. The van der Waals surface area contributed by atoms with Gasteiger partial charge in [0.15, 0.2) is 5.82 Å². The molecule has 0 aliphatic carbocycles. The van der Waals surface area contributed by atoms with Gasteiger partial charge in [0.05, 0.1) is 18.2 Å². The molecule has 0 saturated heterocycles. The third-order valence-corrected chi connectivity index (χ3v) is 4.31. The van der Waals surface area contributed by atoms with Crippen LogP contribution in [0.5, 0.6) is 6.01 Å². The summed E-state index contributed by atoms with van der Waals surface area (Å²) in [6.45, 7) is 1.89. The first-order chi connectivity index (χ1) is 10.3. The topological polar surface area (TPSA) is 84.4 Å². The van der Waals surface area contributed by atoms with Crippen LogP contribution in [0.4, 0.5) is 11.5 Å². The number of aromatic nitrogens is 2. The Kier molecular flexibility index (Phi) is 4.51. The lowest BCUT2D eigenvalue weighted by molar-refractivity contribution is 0.380. The molecule has 0 atom stereocenters. The third-order valence-electron chi connectivity index (χ3n) is 2.93. The Labute approximate surface area is 130 Å². The van der Waals surface area contributed by atoms with Crippen molar-refractivity contribution in [3.63, 3.8) is 0 Å². The summed E-state index contributed by atoms with van der Waals surface area (Å²) in [7, 11) is 1.26.